The van der Waals surface area contributed by atoms with Crippen LogP contribution in [0.3, 0.4) is 0 Å². The summed E-state index contributed by atoms with van der Waals surface area (Å²) in [6.07, 6.45) is 0. The molecule has 2 heterocycles. The third kappa shape index (κ3) is 6.04. The molecule has 0 aliphatic rings. The van der Waals surface area contributed by atoms with E-state index in [1.807, 2.05) is 42.5 Å². The molecule has 5 heteroatoms. The van der Waals surface area contributed by atoms with E-state index in [2.05, 4.69) is 162 Å². The van der Waals surface area contributed by atoms with E-state index in [-0.39, 0.29) is 0 Å². The Morgan fingerprint density at radius 3 is 1.49 bits per heavy atom. The maximum Gasteiger partial charge on any atom is 0.164 e. The first-order valence-electron chi connectivity index (χ1n) is 18.4. The highest BCUT2D eigenvalue weighted by atomic mass is 15.3. The summed E-state index contributed by atoms with van der Waals surface area (Å²) in [7, 11) is 0. The van der Waals surface area contributed by atoms with Crippen molar-refractivity contribution in [2.45, 2.75) is 0 Å². The first-order valence-corrected chi connectivity index (χ1v) is 18.4. The fourth-order valence-electron chi connectivity index (χ4n) is 7.39. The van der Waals surface area contributed by atoms with Gasteiger partial charge in [0.2, 0.25) is 0 Å². The summed E-state index contributed by atoms with van der Waals surface area (Å²) in [5.74, 6) is 1.83. The van der Waals surface area contributed by atoms with Gasteiger partial charge in [-0.05, 0) is 51.9 Å². The lowest BCUT2D eigenvalue weighted by atomic mass is 9.93. The Hall–Kier alpha value is -7.50. The number of rotatable bonds is 7. The first kappa shape index (κ1) is 32.2. The van der Waals surface area contributed by atoms with Crippen LogP contribution >= 0.6 is 0 Å². The topological polar surface area (TPSA) is 56.5 Å². The van der Waals surface area contributed by atoms with Crippen LogP contribution in [0.15, 0.2) is 200 Å². The summed E-state index contributed by atoms with van der Waals surface area (Å²) in [6, 6.07) is 69.2. The van der Waals surface area contributed by atoms with Gasteiger partial charge in [-0.3, -0.25) is 0 Å². The van der Waals surface area contributed by atoms with Crippen LogP contribution in [-0.4, -0.2) is 24.7 Å². The highest BCUT2D eigenvalue weighted by Gasteiger charge is 2.22. The Kier molecular flexibility index (Phi) is 8.08. The molecule has 5 nitrogen and oxygen atoms in total. The summed E-state index contributed by atoms with van der Waals surface area (Å²) in [5.41, 5.74) is 11.2. The average Bonchev–Trinajstić information content (AvgIpc) is 3.69. The molecule has 0 bridgehead atoms. The molecular weight excluding hydrogens is 671 g/mol. The second kappa shape index (κ2) is 13.8. The van der Waals surface area contributed by atoms with Crippen LogP contribution < -0.4 is 0 Å². The first-order chi connectivity index (χ1) is 27.3. The van der Waals surface area contributed by atoms with Gasteiger partial charge in [-0.15, -0.1) is 0 Å². The predicted molar refractivity (Wildman–Crippen MR) is 225 cm³/mol. The zero-order chi connectivity index (χ0) is 36.6. The lowest BCUT2D eigenvalue weighted by molar-refractivity contribution is 0.918. The van der Waals surface area contributed by atoms with Gasteiger partial charge in [-0.1, -0.05) is 176 Å². The minimum atomic E-state index is 0.596. The molecule has 0 N–H and O–H groups in total. The Morgan fingerprint density at radius 1 is 0.345 bits per heavy atom. The fraction of sp³-hybridized carbons (Fsp3) is 0. The minimum absolute atomic E-state index is 0.596. The number of hydrogen-bond donors (Lipinski definition) is 0. The summed E-state index contributed by atoms with van der Waals surface area (Å²) in [4.78, 5) is 15.2. The van der Waals surface area contributed by atoms with E-state index in [4.69, 9.17) is 20.1 Å². The molecule has 0 fully saturated rings. The number of para-hydroxylation sites is 1. The molecule has 0 aliphatic heterocycles. The van der Waals surface area contributed by atoms with Gasteiger partial charge >= 0.3 is 0 Å². The van der Waals surface area contributed by atoms with Crippen LogP contribution in [0, 0.1) is 0 Å². The second-order valence-corrected chi connectivity index (χ2v) is 13.5. The third-order valence-electron chi connectivity index (χ3n) is 10.1. The monoisotopic (exact) mass is 703 g/mol. The Labute approximate surface area is 318 Å². The molecule has 0 radical (unpaired) electrons. The van der Waals surface area contributed by atoms with Crippen molar-refractivity contribution in [1.82, 2.24) is 24.7 Å². The molecule has 0 saturated carbocycles. The summed E-state index contributed by atoms with van der Waals surface area (Å²) in [6.45, 7) is 0. The smallest absolute Gasteiger partial charge is 0.164 e. The van der Waals surface area contributed by atoms with Crippen molar-refractivity contribution in [3.8, 4) is 73.4 Å². The van der Waals surface area contributed by atoms with Gasteiger partial charge in [0.1, 0.15) is 5.69 Å². The van der Waals surface area contributed by atoms with Gasteiger partial charge in [0.05, 0.1) is 11.2 Å². The maximum absolute atomic E-state index is 5.43. The molecule has 0 saturated heterocycles. The highest BCUT2D eigenvalue weighted by molar-refractivity contribution is 6.17. The fourth-order valence-corrected chi connectivity index (χ4v) is 7.39. The van der Waals surface area contributed by atoms with Crippen molar-refractivity contribution < 1.29 is 0 Å². The Morgan fingerprint density at radius 2 is 0.818 bits per heavy atom. The van der Waals surface area contributed by atoms with Crippen molar-refractivity contribution >= 4 is 21.7 Å². The zero-order valence-electron chi connectivity index (χ0n) is 29.8. The predicted octanol–water partition coefficient (Wildman–Crippen LogP) is 12.4. The normalized spacial score (nSPS) is 11.3. The summed E-state index contributed by atoms with van der Waals surface area (Å²) >= 11 is 0. The highest BCUT2D eigenvalue weighted by Crippen LogP contribution is 2.42. The summed E-state index contributed by atoms with van der Waals surface area (Å²) < 4.78 is 2.10. The molecule has 258 valence electrons. The minimum Gasteiger partial charge on any atom is -0.232 e. The number of nitrogens with zero attached hydrogens (tertiary/aromatic N) is 5. The maximum atomic E-state index is 5.43. The van der Waals surface area contributed by atoms with Crippen molar-refractivity contribution in [1.29, 1.82) is 0 Å². The van der Waals surface area contributed by atoms with E-state index in [1.165, 1.54) is 0 Å². The number of benzene rings is 8. The van der Waals surface area contributed by atoms with Gasteiger partial charge in [0.15, 0.2) is 17.5 Å². The molecule has 0 atom stereocenters. The molecule has 0 aliphatic carbocycles. The van der Waals surface area contributed by atoms with E-state index in [9.17, 15) is 0 Å². The van der Waals surface area contributed by atoms with Crippen molar-refractivity contribution in [2.24, 2.45) is 0 Å². The van der Waals surface area contributed by atoms with Gasteiger partial charge < -0.3 is 0 Å². The van der Waals surface area contributed by atoms with Gasteiger partial charge in [0.25, 0.3) is 0 Å². The lowest BCUT2D eigenvalue weighted by Gasteiger charge is -2.11. The molecule has 55 heavy (non-hydrogen) atoms. The molecule has 0 spiro atoms. The van der Waals surface area contributed by atoms with E-state index in [0.29, 0.717) is 17.5 Å². The molecule has 10 rings (SSSR count). The van der Waals surface area contributed by atoms with Crippen LogP contribution in [-0.2, 0) is 0 Å². The van der Waals surface area contributed by atoms with Crippen LogP contribution in [0.2, 0.25) is 0 Å². The zero-order valence-corrected chi connectivity index (χ0v) is 29.8. The molecular formula is C50H33N5. The molecule has 0 unspecified atom stereocenters. The van der Waals surface area contributed by atoms with Crippen molar-refractivity contribution in [3.05, 3.63) is 200 Å². The SMILES string of the molecule is c1ccc(-c2ccc(-c3nc(-c4ccccc4)nc(-c4cccc(-c5nn(-c6ccccc6)c6c5c(-c5ccccc5)cc5ccccc56)c4)n3)cc2)cc1. The average molecular weight is 704 g/mol. The van der Waals surface area contributed by atoms with E-state index < -0.39 is 0 Å². The van der Waals surface area contributed by atoms with E-state index in [0.717, 1.165) is 77.6 Å². The van der Waals surface area contributed by atoms with Crippen molar-refractivity contribution in [2.75, 3.05) is 0 Å². The number of aromatic nitrogens is 5. The Bertz CT molecular complexity index is 2940. The van der Waals surface area contributed by atoms with Gasteiger partial charge in [-0.25, -0.2) is 19.6 Å². The van der Waals surface area contributed by atoms with E-state index in [1.54, 1.807) is 0 Å². The van der Waals surface area contributed by atoms with E-state index >= 15 is 0 Å². The lowest BCUT2D eigenvalue weighted by Crippen LogP contribution is -2.00. The van der Waals surface area contributed by atoms with Crippen LogP contribution in [0.1, 0.15) is 0 Å². The van der Waals surface area contributed by atoms with Crippen LogP contribution in [0.4, 0.5) is 0 Å². The largest absolute Gasteiger partial charge is 0.232 e. The second-order valence-electron chi connectivity index (χ2n) is 13.5. The number of hydrogen-bond acceptors (Lipinski definition) is 4. The molecule has 8 aromatic carbocycles. The molecule has 0 amide bonds. The van der Waals surface area contributed by atoms with Gasteiger partial charge in [-0.2, -0.15) is 5.10 Å². The quantitative estimate of drug-likeness (QED) is 0.166. The van der Waals surface area contributed by atoms with Crippen LogP contribution in [0.5, 0.6) is 0 Å². The molecule has 2 aromatic heterocycles. The van der Waals surface area contributed by atoms with Gasteiger partial charge in [0, 0.05) is 33.0 Å². The van der Waals surface area contributed by atoms with Crippen LogP contribution in [0.25, 0.3) is 95.0 Å². The van der Waals surface area contributed by atoms with Crippen molar-refractivity contribution in [3.63, 3.8) is 0 Å². The Balaban J connectivity index is 1.17. The standard InChI is InChI=1S/C50H33N5/c1-5-16-34(17-6-1)35-28-30-38(31-29-35)49-51-48(37-20-9-3-10-21-37)52-50(53-49)41-24-15-23-40(32-41)46-45-44(36-18-7-2-8-19-36)33-39-22-13-14-27-43(39)47(45)55(54-46)42-25-11-4-12-26-42/h1-33H. The third-order valence-corrected chi connectivity index (χ3v) is 10.1. The molecule has 10 aromatic rings. The summed E-state index contributed by atoms with van der Waals surface area (Å²) in [5, 5.41) is 8.82. The number of fused-ring (bicyclic) bond motifs is 3.